The van der Waals surface area contributed by atoms with Gasteiger partial charge in [-0.15, -0.1) is 0 Å². The highest BCUT2D eigenvalue weighted by molar-refractivity contribution is 5.94. The molecule has 0 N–H and O–H groups in total. The zero-order valence-electron chi connectivity index (χ0n) is 20.2. The van der Waals surface area contributed by atoms with Crippen LogP contribution in [0.5, 0.6) is 5.75 Å². The van der Waals surface area contributed by atoms with Crippen LogP contribution in [-0.2, 0) is 17.9 Å². The molecule has 4 heterocycles. The SMILES string of the molecule is CN1CCN(C(=O)c2ccc(-c3ccc4c(c3)OCc3nc(CN5CCOCC5)cn3-4)cc2)CC1. The third kappa shape index (κ3) is 4.57. The zero-order valence-corrected chi connectivity index (χ0v) is 20.2. The van der Waals surface area contributed by atoms with Gasteiger partial charge in [0, 0.05) is 57.6 Å². The number of fused-ring (bicyclic) bond motifs is 3. The maximum absolute atomic E-state index is 12.9. The molecular formula is C27H31N5O3. The Morgan fingerprint density at radius 3 is 2.46 bits per heavy atom. The molecule has 3 aliphatic rings. The molecule has 1 aromatic heterocycles. The molecule has 8 heteroatoms. The highest BCUT2D eigenvalue weighted by Crippen LogP contribution is 2.34. The Bertz CT molecular complexity index is 1210. The van der Waals surface area contributed by atoms with E-state index in [1.807, 2.05) is 29.2 Å². The van der Waals surface area contributed by atoms with E-state index in [0.717, 1.165) is 98.7 Å². The highest BCUT2D eigenvalue weighted by Gasteiger charge is 2.23. The lowest BCUT2D eigenvalue weighted by atomic mass is 10.0. The molecule has 6 rings (SSSR count). The number of likely N-dealkylation sites (N-methyl/N-ethyl adjacent to an activating group) is 1. The number of morpholine rings is 1. The summed E-state index contributed by atoms with van der Waals surface area (Å²) in [5.74, 6) is 1.89. The minimum absolute atomic E-state index is 0.110. The molecule has 0 saturated carbocycles. The van der Waals surface area contributed by atoms with Crippen LogP contribution in [-0.4, -0.2) is 89.7 Å². The van der Waals surface area contributed by atoms with Crippen molar-refractivity contribution in [3.63, 3.8) is 0 Å². The molecule has 182 valence electrons. The molecule has 3 aliphatic heterocycles. The number of ether oxygens (including phenoxy) is 2. The van der Waals surface area contributed by atoms with Gasteiger partial charge in [0.1, 0.15) is 12.4 Å². The Kier molecular flexibility index (Phi) is 6.01. The van der Waals surface area contributed by atoms with Crippen LogP contribution < -0.4 is 4.74 Å². The minimum atomic E-state index is 0.110. The monoisotopic (exact) mass is 473 g/mol. The molecule has 0 atom stereocenters. The summed E-state index contributed by atoms with van der Waals surface area (Å²) in [4.78, 5) is 24.2. The molecule has 0 aliphatic carbocycles. The Labute approximate surface area is 205 Å². The first kappa shape index (κ1) is 22.3. The first-order chi connectivity index (χ1) is 17.1. The fourth-order valence-corrected chi connectivity index (χ4v) is 4.99. The Morgan fingerprint density at radius 1 is 0.943 bits per heavy atom. The number of aromatic nitrogens is 2. The highest BCUT2D eigenvalue weighted by atomic mass is 16.5. The van der Waals surface area contributed by atoms with Crippen molar-refractivity contribution in [1.29, 1.82) is 0 Å². The molecule has 0 unspecified atom stereocenters. The van der Waals surface area contributed by atoms with Crippen LogP contribution in [0.3, 0.4) is 0 Å². The molecule has 0 radical (unpaired) electrons. The van der Waals surface area contributed by atoms with Crippen molar-refractivity contribution < 1.29 is 14.3 Å². The van der Waals surface area contributed by atoms with E-state index in [1.54, 1.807) is 0 Å². The number of carbonyl (C=O) groups excluding carboxylic acids is 1. The molecule has 2 saturated heterocycles. The van der Waals surface area contributed by atoms with Crippen molar-refractivity contribution in [3.8, 4) is 22.6 Å². The molecule has 0 bridgehead atoms. The van der Waals surface area contributed by atoms with Crippen LogP contribution >= 0.6 is 0 Å². The van der Waals surface area contributed by atoms with Gasteiger partial charge < -0.3 is 19.3 Å². The summed E-state index contributed by atoms with van der Waals surface area (Å²) in [5, 5.41) is 0. The summed E-state index contributed by atoms with van der Waals surface area (Å²) in [6, 6.07) is 14.2. The third-order valence-electron chi connectivity index (χ3n) is 7.15. The molecular weight excluding hydrogens is 442 g/mol. The van der Waals surface area contributed by atoms with Crippen molar-refractivity contribution >= 4 is 5.91 Å². The van der Waals surface area contributed by atoms with Crippen molar-refractivity contribution in [1.82, 2.24) is 24.3 Å². The van der Waals surface area contributed by atoms with Gasteiger partial charge in [0.2, 0.25) is 0 Å². The van der Waals surface area contributed by atoms with Gasteiger partial charge in [-0.3, -0.25) is 14.3 Å². The maximum atomic E-state index is 12.9. The van der Waals surface area contributed by atoms with E-state index in [-0.39, 0.29) is 5.91 Å². The first-order valence-electron chi connectivity index (χ1n) is 12.4. The van der Waals surface area contributed by atoms with E-state index >= 15 is 0 Å². The second-order valence-electron chi connectivity index (χ2n) is 9.55. The van der Waals surface area contributed by atoms with Crippen LogP contribution in [0.25, 0.3) is 16.8 Å². The second-order valence-corrected chi connectivity index (χ2v) is 9.55. The fourth-order valence-electron chi connectivity index (χ4n) is 4.99. The van der Waals surface area contributed by atoms with E-state index in [2.05, 4.69) is 45.8 Å². The largest absolute Gasteiger partial charge is 0.483 e. The topological polar surface area (TPSA) is 63.1 Å². The van der Waals surface area contributed by atoms with Crippen LogP contribution in [0.4, 0.5) is 0 Å². The van der Waals surface area contributed by atoms with Crippen molar-refractivity contribution in [2.75, 3.05) is 59.5 Å². The van der Waals surface area contributed by atoms with Gasteiger partial charge in [-0.25, -0.2) is 4.98 Å². The Morgan fingerprint density at radius 2 is 1.69 bits per heavy atom. The number of carbonyl (C=O) groups is 1. The average molecular weight is 474 g/mol. The molecule has 2 aromatic carbocycles. The summed E-state index contributed by atoms with van der Waals surface area (Å²) >= 11 is 0. The summed E-state index contributed by atoms with van der Waals surface area (Å²) in [5.41, 5.74) is 4.94. The predicted octanol–water partition coefficient (Wildman–Crippen LogP) is 2.65. The summed E-state index contributed by atoms with van der Waals surface area (Å²) in [6.45, 7) is 8.15. The van der Waals surface area contributed by atoms with Crippen LogP contribution in [0.1, 0.15) is 21.9 Å². The smallest absolute Gasteiger partial charge is 0.253 e. The number of piperazine rings is 1. The minimum Gasteiger partial charge on any atom is -0.483 e. The van der Waals surface area contributed by atoms with Gasteiger partial charge in [0.25, 0.3) is 5.91 Å². The summed E-state index contributed by atoms with van der Waals surface area (Å²) < 4.78 is 13.7. The fraction of sp³-hybridized carbons (Fsp3) is 0.407. The Hall–Kier alpha value is -3.20. The molecule has 2 fully saturated rings. The van der Waals surface area contributed by atoms with Crippen molar-refractivity contribution in [3.05, 3.63) is 65.7 Å². The number of nitrogens with zero attached hydrogens (tertiary/aromatic N) is 5. The zero-order chi connectivity index (χ0) is 23.8. The van der Waals surface area contributed by atoms with E-state index in [0.29, 0.717) is 6.61 Å². The number of rotatable bonds is 4. The molecule has 3 aromatic rings. The van der Waals surface area contributed by atoms with Crippen molar-refractivity contribution in [2.45, 2.75) is 13.2 Å². The van der Waals surface area contributed by atoms with Crippen LogP contribution in [0, 0.1) is 0 Å². The lowest BCUT2D eigenvalue weighted by molar-refractivity contribution is 0.0337. The standard InChI is InChI=1S/C27H31N5O3/c1-29-8-10-31(11-9-29)27(33)21-4-2-20(3-5-21)22-6-7-24-25(16-22)35-19-26-28-23(18-32(24)26)17-30-12-14-34-15-13-30/h2-7,16,18H,8-15,17,19H2,1H3. The predicted molar refractivity (Wildman–Crippen MR) is 133 cm³/mol. The number of benzene rings is 2. The van der Waals surface area contributed by atoms with Gasteiger partial charge in [0.05, 0.1) is 24.6 Å². The number of imidazole rings is 1. The van der Waals surface area contributed by atoms with E-state index in [9.17, 15) is 4.79 Å². The third-order valence-corrected chi connectivity index (χ3v) is 7.15. The van der Waals surface area contributed by atoms with Crippen molar-refractivity contribution in [2.24, 2.45) is 0 Å². The number of hydrogen-bond acceptors (Lipinski definition) is 6. The Balaban J connectivity index is 1.18. The van der Waals surface area contributed by atoms with E-state index in [4.69, 9.17) is 14.5 Å². The second kappa shape index (κ2) is 9.45. The van der Waals surface area contributed by atoms with Gasteiger partial charge in [-0.1, -0.05) is 18.2 Å². The molecule has 1 amide bonds. The normalized spacial score (nSPS) is 18.6. The molecule has 35 heavy (non-hydrogen) atoms. The van der Waals surface area contributed by atoms with Gasteiger partial charge in [0.15, 0.2) is 5.82 Å². The molecule has 8 nitrogen and oxygen atoms in total. The van der Waals surface area contributed by atoms with E-state index in [1.165, 1.54) is 0 Å². The first-order valence-corrected chi connectivity index (χ1v) is 12.4. The van der Waals surface area contributed by atoms with Gasteiger partial charge in [-0.05, 0) is 42.4 Å². The van der Waals surface area contributed by atoms with Crippen LogP contribution in [0.2, 0.25) is 0 Å². The summed E-state index contributed by atoms with van der Waals surface area (Å²) in [6.07, 6.45) is 2.13. The lowest BCUT2D eigenvalue weighted by Crippen LogP contribution is -2.47. The maximum Gasteiger partial charge on any atom is 0.253 e. The molecule has 0 spiro atoms. The van der Waals surface area contributed by atoms with Gasteiger partial charge >= 0.3 is 0 Å². The number of amides is 1. The number of hydrogen-bond donors (Lipinski definition) is 0. The lowest BCUT2D eigenvalue weighted by Gasteiger charge is -2.32. The summed E-state index contributed by atoms with van der Waals surface area (Å²) in [7, 11) is 2.09. The van der Waals surface area contributed by atoms with Crippen LogP contribution in [0.15, 0.2) is 48.7 Å². The quantitative estimate of drug-likeness (QED) is 0.581. The average Bonchev–Trinajstić information content (AvgIpc) is 3.32. The van der Waals surface area contributed by atoms with E-state index < -0.39 is 0 Å². The van der Waals surface area contributed by atoms with Gasteiger partial charge in [-0.2, -0.15) is 0 Å².